The summed E-state index contributed by atoms with van der Waals surface area (Å²) < 4.78 is 4.86. The summed E-state index contributed by atoms with van der Waals surface area (Å²) in [6, 6.07) is 6.74. The van der Waals surface area contributed by atoms with E-state index >= 15 is 0 Å². The number of carbonyl (C=O) groups is 2. The normalized spacial score (nSPS) is 17.7. The number of carbonyl (C=O) groups excluding carboxylic acids is 1. The van der Waals surface area contributed by atoms with Gasteiger partial charge in [0.1, 0.15) is 0 Å². The number of allylic oxidation sites excluding steroid dienone is 2. The number of esters is 1. The molecule has 0 aliphatic carbocycles. The van der Waals surface area contributed by atoms with E-state index in [0.717, 1.165) is 0 Å². The second-order valence-electron chi connectivity index (χ2n) is 5.33. The molecule has 1 unspecified atom stereocenters. The summed E-state index contributed by atoms with van der Waals surface area (Å²) in [6.07, 6.45) is 2.95. The van der Waals surface area contributed by atoms with Crippen molar-refractivity contribution in [2.45, 2.75) is 12.8 Å². The molecule has 0 saturated carbocycles. The first kappa shape index (κ1) is 18.8. The Hall–Kier alpha value is -2.57. The number of hydrogen-bond donors (Lipinski definition) is 3. The molecular formula is C18H18ClNO5. The van der Waals surface area contributed by atoms with Gasteiger partial charge >= 0.3 is 11.9 Å². The number of hydrogen-bond acceptors (Lipinski definition) is 5. The lowest BCUT2D eigenvalue weighted by atomic mass is 9.80. The zero-order valence-electron chi connectivity index (χ0n) is 13.7. The van der Waals surface area contributed by atoms with Crippen LogP contribution in [0, 0.1) is 0 Å². The fourth-order valence-corrected chi connectivity index (χ4v) is 3.04. The lowest BCUT2D eigenvalue weighted by molar-refractivity contribution is -0.136. The van der Waals surface area contributed by atoms with Gasteiger partial charge in [-0.3, -0.25) is 0 Å². The van der Waals surface area contributed by atoms with E-state index < -0.39 is 17.9 Å². The van der Waals surface area contributed by atoms with Crippen LogP contribution in [0.3, 0.4) is 0 Å². The molecule has 0 saturated heterocycles. The number of rotatable bonds is 5. The highest BCUT2D eigenvalue weighted by atomic mass is 35.5. The smallest absolute Gasteiger partial charge is 0.336 e. The minimum absolute atomic E-state index is 0.00893. The van der Waals surface area contributed by atoms with Crippen LogP contribution in [0.5, 0.6) is 0 Å². The number of carboxylic acids is 1. The zero-order valence-corrected chi connectivity index (χ0v) is 14.5. The van der Waals surface area contributed by atoms with Crippen LogP contribution in [0.25, 0.3) is 0 Å². The number of dihydropyridines is 1. The van der Waals surface area contributed by atoms with Crippen molar-refractivity contribution in [2.75, 3.05) is 13.7 Å². The summed E-state index contributed by atoms with van der Waals surface area (Å²) in [5.74, 6) is -2.75. The van der Waals surface area contributed by atoms with Crippen molar-refractivity contribution >= 4 is 23.5 Å². The first-order chi connectivity index (χ1) is 11.9. The van der Waals surface area contributed by atoms with E-state index in [0.29, 0.717) is 22.0 Å². The standard InChI is InChI=1S/C18H18ClNO5/c1-10-14(17(22)23)15(11-6-3-4-7-12(11)19)16(18(24)25-2)13(20-10)8-5-9-21/h3-8,15,20-21H,9H2,1-2H3,(H,22,23). The first-order valence-corrected chi connectivity index (χ1v) is 7.85. The fraction of sp³-hybridized carbons (Fsp3) is 0.222. The monoisotopic (exact) mass is 363 g/mol. The van der Waals surface area contributed by atoms with Gasteiger partial charge in [0.05, 0.1) is 30.8 Å². The third kappa shape index (κ3) is 3.75. The summed E-state index contributed by atoms with van der Waals surface area (Å²) >= 11 is 6.27. The van der Waals surface area contributed by atoms with Crippen LogP contribution in [-0.4, -0.2) is 35.9 Å². The van der Waals surface area contributed by atoms with Gasteiger partial charge in [0, 0.05) is 16.4 Å². The van der Waals surface area contributed by atoms with E-state index in [-0.39, 0.29) is 17.8 Å². The van der Waals surface area contributed by atoms with Crippen LogP contribution < -0.4 is 5.32 Å². The van der Waals surface area contributed by atoms with Crippen molar-refractivity contribution in [1.82, 2.24) is 5.32 Å². The molecule has 6 nitrogen and oxygen atoms in total. The largest absolute Gasteiger partial charge is 0.478 e. The summed E-state index contributed by atoms with van der Waals surface area (Å²) in [6.45, 7) is 1.37. The molecule has 132 valence electrons. The fourth-order valence-electron chi connectivity index (χ4n) is 2.80. The predicted molar refractivity (Wildman–Crippen MR) is 92.9 cm³/mol. The molecule has 1 aliphatic heterocycles. The highest BCUT2D eigenvalue weighted by Gasteiger charge is 2.38. The van der Waals surface area contributed by atoms with Gasteiger partial charge in [0.2, 0.25) is 0 Å². The predicted octanol–water partition coefficient (Wildman–Crippen LogP) is 2.36. The molecule has 1 atom stereocenters. The van der Waals surface area contributed by atoms with Gasteiger partial charge in [-0.2, -0.15) is 0 Å². The number of aliphatic hydroxyl groups is 1. The number of aliphatic hydroxyl groups excluding tert-OH is 1. The molecule has 0 spiro atoms. The van der Waals surface area contributed by atoms with Crippen LogP contribution in [0.1, 0.15) is 18.4 Å². The molecule has 7 heteroatoms. The number of ether oxygens (including phenoxy) is 1. The van der Waals surface area contributed by atoms with Crippen LogP contribution in [0.4, 0.5) is 0 Å². The zero-order chi connectivity index (χ0) is 18.6. The molecule has 2 rings (SSSR count). The Balaban J connectivity index is 2.78. The van der Waals surface area contributed by atoms with E-state index in [2.05, 4.69) is 5.32 Å². The van der Waals surface area contributed by atoms with E-state index in [4.69, 9.17) is 21.4 Å². The molecule has 0 amide bonds. The Morgan fingerprint density at radius 1 is 1.32 bits per heavy atom. The second kappa shape index (κ2) is 8.00. The topological polar surface area (TPSA) is 95.9 Å². The summed E-state index contributed by atoms with van der Waals surface area (Å²) in [4.78, 5) is 24.3. The molecule has 0 aromatic heterocycles. The Labute approximate surface area is 150 Å². The van der Waals surface area contributed by atoms with Crippen molar-refractivity contribution in [1.29, 1.82) is 0 Å². The Morgan fingerprint density at radius 3 is 2.56 bits per heavy atom. The molecule has 1 aliphatic rings. The van der Waals surface area contributed by atoms with Gasteiger partial charge in [0.25, 0.3) is 0 Å². The van der Waals surface area contributed by atoms with E-state index in [1.807, 2.05) is 0 Å². The molecule has 0 bridgehead atoms. The molecule has 1 heterocycles. The molecule has 1 aromatic rings. The molecular weight excluding hydrogens is 346 g/mol. The van der Waals surface area contributed by atoms with Crippen molar-refractivity contribution in [3.8, 4) is 0 Å². The Kier molecular flexibility index (Phi) is 6.01. The lowest BCUT2D eigenvalue weighted by Crippen LogP contribution is -2.32. The van der Waals surface area contributed by atoms with Gasteiger partial charge in [0.15, 0.2) is 0 Å². The van der Waals surface area contributed by atoms with Gasteiger partial charge < -0.3 is 20.3 Å². The minimum Gasteiger partial charge on any atom is -0.478 e. The molecule has 1 aromatic carbocycles. The molecule has 25 heavy (non-hydrogen) atoms. The first-order valence-electron chi connectivity index (χ1n) is 7.47. The van der Waals surface area contributed by atoms with Crippen molar-refractivity contribution in [2.24, 2.45) is 0 Å². The van der Waals surface area contributed by atoms with Crippen LogP contribution in [0.2, 0.25) is 5.02 Å². The van der Waals surface area contributed by atoms with E-state index in [1.165, 1.54) is 19.3 Å². The SMILES string of the molecule is COC(=O)C1=C(C=CCO)NC(C)=C(C(=O)O)C1c1ccccc1Cl. The van der Waals surface area contributed by atoms with Gasteiger partial charge in [-0.1, -0.05) is 35.9 Å². The number of methoxy groups -OCH3 is 1. The van der Waals surface area contributed by atoms with E-state index in [9.17, 15) is 14.7 Å². The third-order valence-corrected chi connectivity index (χ3v) is 4.18. The number of nitrogens with one attached hydrogen (secondary N) is 1. The molecule has 0 fully saturated rings. The van der Waals surface area contributed by atoms with Gasteiger partial charge in [-0.25, -0.2) is 9.59 Å². The molecule has 3 N–H and O–H groups in total. The maximum atomic E-state index is 12.4. The van der Waals surface area contributed by atoms with E-state index in [1.54, 1.807) is 31.2 Å². The number of aliphatic carboxylic acids is 1. The van der Waals surface area contributed by atoms with Crippen LogP contribution >= 0.6 is 11.6 Å². The van der Waals surface area contributed by atoms with Crippen LogP contribution in [0.15, 0.2) is 59.0 Å². The Morgan fingerprint density at radius 2 is 2.00 bits per heavy atom. The average Bonchev–Trinajstić information content (AvgIpc) is 2.58. The summed E-state index contributed by atoms with van der Waals surface area (Å²) in [5.41, 5.74) is 1.34. The number of carboxylic acid groups (broad SMARTS) is 1. The van der Waals surface area contributed by atoms with Gasteiger partial charge in [-0.15, -0.1) is 0 Å². The van der Waals surface area contributed by atoms with Crippen LogP contribution in [-0.2, 0) is 14.3 Å². The highest BCUT2D eigenvalue weighted by Crippen LogP contribution is 2.41. The number of halogens is 1. The lowest BCUT2D eigenvalue weighted by Gasteiger charge is -2.30. The molecule has 0 radical (unpaired) electrons. The van der Waals surface area contributed by atoms with Gasteiger partial charge in [-0.05, 0) is 24.6 Å². The minimum atomic E-state index is -1.17. The highest BCUT2D eigenvalue weighted by molar-refractivity contribution is 6.31. The summed E-state index contributed by atoms with van der Waals surface area (Å²) in [7, 11) is 1.22. The van der Waals surface area contributed by atoms with Crippen molar-refractivity contribution in [3.63, 3.8) is 0 Å². The number of benzene rings is 1. The quantitative estimate of drug-likeness (QED) is 0.695. The summed E-state index contributed by atoms with van der Waals surface area (Å²) in [5, 5.41) is 22.0. The second-order valence-corrected chi connectivity index (χ2v) is 5.73. The average molecular weight is 364 g/mol. The third-order valence-electron chi connectivity index (χ3n) is 3.84. The maximum absolute atomic E-state index is 12.4. The van der Waals surface area contributed by atoms with Crippen molar-refractivity contribution < 1.29 is 24.5 Å². The van der Waals surface area contributed by atoms with Crippen molar-refractivity contribution in [3.05, 3.63) is 69.5 Å². The maximum Gasteiger partial charge on any atom is 0.336 e. The Bertz CT molecular complexity index is 794.